The summed E-state index contributed by atoms with van der Waals surface area (Å²) in [6, 6.07) is 17.7. The molecular formula is C31H25ClN2O7S. The molecule has 11 heteroatoms. The summed E-state index contributed by atoms with van der Waals surface area (Å²) in [4.78, 5) is 54.2. The minimum atomic E-state index is -4.10. The number of allylic oxidation sites excluding steroid dienone is 2. The minimum absolute atomic E-state index is 0.0168. The van der Waals surface area contributed by atoms with Crippen LogP contribution in [0.1, 0.15) is 32.7 Å². The van der Waals surface area contributed by atoms with Crippen LogP contribution in [0.4, 0.5) is 0 Å². The number of imide groups is 1. The molecule has 0 N–H and O–H groups in total. The lowest BCUT2D eigenvalue weighted by Gasteiger charge is -2.31. The molecule has 1 heterocycles. The zero-order valence-electron chi connectivity index (χ0n) is 22.3. The summed E-state index contributed by atoms with van der Waals surface area (Å²) in [5, 5.41) is 1.80. The molecule has 3 amide bonds. The smallest absolute Gasteiger partial charge is 0.339 e. The monoisotopic (exact) mass is 604 g/mol. The number of hydrogen-bond donors (Lipinski definition) is 0. The highest BCUT2D eigenvalue weighted by atomic mass is 35.5. The Hall–Kier alpha value is -4.28. The second kappa shape index (κ2) is 10.5. The second-order valence-corrected chi connectivity index (χ2v) is 12.6. The average molecular weight is 605 g/mol. The molecule has 42 heavy (non-hydrogen) atoms. The van der Waals surface area contributed by atoms with Crippen LogP contribution in [0.2, 0.25) is 5.02 Å². The first-order valence-electron chi connectivity index (χ1n) is 13.3. The van der Waals surface area contributed by atoms with E-state index in [9.17, 15) is 27.6 Å². The maximum absolute atomic E-state index is 13.7. The van der Waals surface area contributed by atoms with Gasteiger partial charge in [0.05, 0.1) is 22.4 Å². The number of carbonyl (C=O) groups is 4. The van der Waals surface area contributed by atoms with Crippen LogP contribution in [0.3, 0.4) is 0 Å². The SMILES string of the molecule is Cc1ccc(S(=O)(=O)Oc2ccc(C(=O)CN(C(=O)c3ccccc3Cl)N3C(=O)[C@@H]4[C@H](C3=O)[C@H]3C=C[C@H]4C3)cc2)cc1. The number of halogens is 1. The van der Waals surface area contributed by atoms with Gasteiger partial charge in [0.1, 0.15) is 17.2 Å². The first-order valence-corrected chi connectivity index (χ1v) is 15.1. The topological polar surface area (TPSA) is 118 Å². The Morgan fingerprint density at radius 2 is 1.50 bits per heavy atom. The lowest BCUT2D eigenvalue weighted by Crippen LogP contribution is -2.52. The fraction of sp³-hybridized carbons (Fsp3) is 0.226. The van der Waals surface area contributed by atoms with Gasteiger partial charge in [-0.1, -0.05) is 53.6 Å². The van der Waals surface area contributed by atoms with E-state index in [0.29, 0.717) is 6.42 Å². The van der Waals surface area contributed by atoms with Crippen molar-refractivity contribution in [2.24, 2.45) is 23.7 Å². The molecule has 1 aliphatic heterocycles. The van der Waals surface area contributed by atoms with Gasteiger partial charge in [-0.05, 0) is 73.7 Å². The predicted molar refractivity (Wildman–Crippen MR) is 152 cm³/mol. The molecule has 2 bridgehead atoms. The minimum Gasteiger partial charge on any atom is -0.379 e. The van der Waals surface area contributed by atoms with Crippen LogP contribution in [0.25, 0.3) is 0 Å². The molecule has 214 valence electrons. The van der Waals surface area contributed by atoms with Crippen molar-refractivity contribution in [3.8, 4) is 5.75 Å². The summed E-state index contributed by atoms with van der Waals surface area (Å²) < 4.78 is 30.5. The van der Waals surface area contributed by atoms with Crippen LogP contribution < -0.4 is 4.18 Å². The average Bonchev–Trinajstić information content (AvgIpc) is 3.66. The number of amides is 3. The molecule has 9 nitrogen and oxygen atoms in total. The number of aryl methyl sites for hydroxylation is 1. The summed E-state index contributed by atoms with van der Waals surface area (Å²) in [6.45, 7) is 1.21. The molecule has 0 aromatic heterocycles. The lowest BCUT2D eigenvalue weighted by atomic mass is 9.85. The zero-order valence-corrected chi connectivity index (χ0v) is 23.9. The van der Waals surface area contributed by atoms with Gasteiger partial charge in [0.15, 0.2) is 5.78 Å². The molecule has 0 spiro atoms. The number of Topliss-reactive ketones (excluding diaryl/α,β-unsaturated/α-hetero) is 1. The van der Waals surface area contributed by atoms with Gasteiger partial charge >= 0.3 is 10.1 Å². The van der Waals surface area contributed by atoms with Gasteiger partial charge in [0.25, 0.3) is 17.7 Å². The summed E-state index contributed by atoms with van der Waals surface area (Å²) in [6.07, 6.45) is 4.59. The van der Waals surface area contributed by atoms with Crippen LogP contribution in [-0.2, 0) is 19.7 Å². The Labute approximate surface area is 247 Å². The predicted octanol–water partition coefficient (Wildman–Crippen LogP) is 4.46. The molecule has 2 fully saturated rings. The standard InChI is InChI=1S/C31H25ClN2O7S/c1-18-6-14-23(15-7-18)42(39,40)41-22-12-10-19(11-13-22)26(35)17-33(29(36)24-4-2-3-5-25(24)32)34-30(37)27-20-8-9-21(16-20)28(27)31(34)38/h2-15,20-21,27-28H,16-17H2,1H3/t20-,21-,27-,28+/m0/s1. The van der Waals surface area contributed by atoms with Crippen LogP contribution in [0, 0.1) is 30.6 Å². The molecule has 4 atom stereocenters. The molecule has 0 radical (unpaired) electrons. The van der Waals surface area contributed by atoms with E-state index in [4.69, 9.17) is 15.8 Å². The second-order valence-electron chi connectivity index (χ2n) is 10.6. The first-order chi connectivity index (χ1) is 20.0. The van der Waals surface area contributed by atoms with Crippen molar-refractivity contribution in [3.05, 3.63) is 107 Å². The van der Waals surface area contributed by atoms with Crippen molar-refractivity contribution < 1.29 is 31.8 Å². The van der Waals surface area contributed by atoms with Gasteiger partial charge in [0.2, 0.25) is 0 Å². The molecule has 3 aromatic rings. The van der Waals surface area contributed by atoms with Crippen molar-refractivity contribution in [3.63, 3.8) is 0 Å². The van der Waals surface area contributed by atoms with Crippen molar-refractivity contribution in [1.29, 1.82) is 0 Å². The number of benzene rings is 3. The number of hydrazine groups is 1. The Morgan fingerprint density at radius 1 is 0.905 bits per heavy atom. The van der Waals surface area contributed by atoms with Gasteiger partial charge in [-0.3, -0.25) is 19.2 Å². The number of carbonyl (C=O) groups excluding carboxylic acids is 4. The zero-order chi connectivity index (χ0) is 29.8. The lowest BCUT2D eigenvalue weighted by molar-refractivity contribution is -0.154. The highest BCUT2D eigenvalue weighted by Gasteiger charge is 2.61. The van der Waals surface area contributed by atoms with Gasteiger partial charge in [-0.15, -0.1) is 0 Å². The highest BCUT2D eigenvalue weighted by Crippen LogP contribution is 2.52. The molecule has 2 aliphatic carbocycles. The van der Waals surface area contributed by atoms with E-state index in [1.54, 1.807) is 24.3 Å². The maximum atomic E-state index is 13.7. The van der Waals surface area contributed by atoms with E-state index < -0.39 is 52.0 Å². The van der Waals surface area contributed by atoms with E-state index in [0.717, 1.165) is 15.6 Å². The van der Waals surface area contributed by atoms with Crippen LogP contribution in [0.5, 0.6) is 5.75 Å². The number of nitrogens with zero attached hydrogens (tertiary/aromatic N) is 2. The van der Waals surface area contributed by atoms with Gasteiger partial charge in [-0.2, -0.15) is 13.4 Å². The molecule has 1 saturated carbocycles. The van der Waals surface area contributed by atoms with E-state index in [-0.39, 0.29) is 38.6 Å². The van der Waals surface area contributed by atoms with Crippen LogP contribution in [0.15, 0.2) is 89.8 Å². The van der Waals surface area contributed by atoms with Crippen molar-refractivity contribution in [2.75, 3.05) is 6.54 Å². The fourth-order valence-corrected chi connectivity index (χ4v) is 7.08. The number of ketones is 1. The largest absolute Gasteiger partial charge is 0.379 e. The van der Waals surface area contributed by atoms with Crippen LogP contribution >= 0.6 is 11.6 Å². The van der Waals surface area contributed by atoms with Crippen molar-refractivity contribution in [2.45, 2.75) is 18.2 Å². The summed E-state index contributed by atoms with van der Waals surface area (Å²) >= 11 is 6.28. The van der Waals surface area contributed by atoms with Gasteiger partial charge < -0.3 is 4.18 Å². The van der Waals surface area contributed by atoms with Gasteiger partial charge in [0, 0.05) is 5.56 Å². The summed E-state index contributed by atoms with van der Waals surface area (Å²) in [7, 11) is -4.10. The number of rotatable bonds is 8. The maximum Gasteiger partial charge on any atom is 0.339 e. The first kappa shape index (κ1) is 27.9. The third-order valence-corrected chi connectivity index (χ3v) is 9.60. The summed E-state index contributed by atoms with van der Waals surface area (Å²) in [5.41, 5.74) is 1.05. The van der Waals surface area contributed by atoms with E-state index >= 15 is 0 Å². The Bertz CT molecular complexity index is 1720. The number of fused-ring (bicyclic) bond motifs is 5. The Kier molecular flexibility index (Phi) is 6.98. The van der Waals surface area contributed by atoms with E-state index in [2.05, 4.69) is 0 Å². The van der Waals surface area contributed by atoms with Crippen molar-refractivity contribution in [1.82, 2.24) is 10.0 Å². The molecule has 6 rings (SSSR count). The van der Waals surface area contributed by atoms with Crippen LogP contribution in [-0.4, -0.2) is 48.5 Å². The molecule has 3 aromatic carbocycles. The number of hydrogen-bond acceptors (Lipinski definition) is 7. The molecular weight excluding hydrogens is 580 g/mol. The normalized spacial score (nSPS) is 22.4. The molecule has 0 unspecified atom stereocenters. The van der Waals surface area contributed by atoms with E-state index in [1.807, 2.05) is 19.1 Å². The summed E-state index contributed by atoms with van der Waals surface area (Å²) in [5.74, 6) is -3.71. The quantitative estimate of drug-likeness (QED) is 0.161. The Morgan fingerprint density at radius 3 is 2.10 bits per heavy atom. The molecule has 3 aliphatic rings. The van der Waals surface area contributed by atoms with Gasteiger partial charge in [-0.25, -0.2) is 5.01 Å². The fourth-order valence-electron chi connectivity index (χ4n) is 5.93. The third-order valence-electron chi connectivity index (χ3n) is 8.01. The molecule has 1 saturated heterocycles. The highest BCUT2D eigenvalue weighted by molar-refractivity contribution is 7.87. The Balaban J connectivity index is 1.25. The van der Waals surface area contributed by atoms with E-state index in [1.165, 1.54) is 48.5 Å². The third kappa shape index (κ3) is 4.80. The van der Waals surface area contributed by atoms with Crippen molar-refractivity contribution >= 4 is 45.2 Å².